The van der Waals surface area contributed by atoms with E-state index in [1.165, 1.54) is 20.0 Å². The number of rotatable bonds is 9. The molecule has 1 saturated carbocycles. The molecule has 116 valence electrons. The largest absolute Gasteiger partial charge is 0.468 e. The lowest BCUT2D eigenvalue weighted by molar-refractivity contribution is -0.143. The van der Waals surface area contributed by atoms with Crippen LogP contribution in [0.5, 0.6) is 0 Å². The first-order chi connectivity index (χ1) is 10.2. The van der Waals surface area contributed by atoms with Gasteiger partial charge in [0.2, 0.25) is 0 Å². The van der Waals surface area contributed by atoms with Crippen molar-refractivity contribution in [2.24, 2.45) is 0 Å². The number of likely N-dealkylation sites (N-methyl/N-ethyl adjacent to an activating group) is 1. The quantitative estimate of drug-likeness (QED) is 0.694. The number of nitrogens with one attached hydrogen (secondary N) is 1. The lowest BCUT2D eigenvalue weighted by Gasteiger charge is -2.21. The molecule has 1 unspecified atom stereocenters. The van der Waals surface area contributed by atoms with E-state index in [-0.39, 0.29) is 12.0 Å². The van der Waals surface area contributed by atoms with Gasteiger partial charge in [-0.15, -0.1) is 0 Å². The number of aromatic nitrogens is 1. The molecule has 5 nitrogen and oxygen atoms in total. The smallest absolute Gasteiger partial charge is 0.322 e. The number of hydrogen-bond donors (Lipinski definition) is 1. The fraction of sp³-hybridized carbons (Fsp3) is 0.625. The van der Waals surface area contributed by atoms with Gasteiger partial charge in [-0.1, -0.05) is 6.07 Å². The Labute approximate surface area is 126 Å². The zero-order chi connectivity index (χ0) is 15.1. The Bertz CT molecular complexity index is 434. The molecule has 1 aliphatic rings. The van der Waals surface area contributed by atoms with Crippen molar-refractivity contribution in [3.05, 3.63) is 30.1 Å². The molecule has 1 fully saturated rings. The van der Waals surface area contributed by atoms with Crippen LogP contribution < -0.4 is 5.32 Å². The number of esters is 1. The summed E-state index contributed by atoms with van der Waals surface area (Å²) in [5.74, 6) is -0.153. The third-order valence-corrected chi connectivity index (χ3v) is 3.78. The summed E-state index contributed by atoms with van der Waals surface area (Å²) in [7, 11) is 3.53. The average molecular weight is 291 g/mol. The normalized spacial score (nSPS) is 16.0. The minimum atomic E-state index is -0.181. The Balaban J connectivity index is 1.70. The first-order valence-electron chi connectivity index (χ1n) is 7.61. The van der Waals surface area contributed by atoms with Gasteiger partial charge in [0.15, 0.2) is 0 Å². The zero-order valence-corrected chi connectivity index (χ0v) is 12.9. The number of ether oxygens (including phenoxy) is 1. The summed E-state index contributed by atoms with van der Waals surface area (Å²) in [6.45, 7) is 1.81. The summed E-state index contributed by atoms with van der Waals surface area (Å²) >= 11 is 0. The van der Waals surface area contributed by atoms with Crippen LogP contribution in [0.4, 0.5) is 0 Å². The number of carbonyl (C=O) groups excluding carboxylic acids is 1. The highest BCUT2D eigenvalue weighted by Gasteiger charge is 2.28. The van der Waals surface area contributed by atoms with Gasteiger partial charge in [0, 0.05) is 30.9 Å². The van der Waals surface area contributed by atoms with Crippen LogP contribution in [0.2, 0.25) is 0 Å². The minimum absolute atomic E-state index is 0.153. The number of carbonyl (C=O) groups is 1. The summed E-state index contributed by atoms with van der Waals surface area (Å²) in [5.41, 5.74) is 1.10. The molecule has 0 bridgehead atoms. The van der Waals surface area contributed by atoms with E-state index >= 15 is 0 Å². The molecule has 1 heterocycles. The van der Waals surface area contributed by atoms with Crippen molar-refractivity contribution in [1.29, 1.82) is 0 Å². The molecule has 1 N–H and O–H groups in total. The predicted octanol–water partition coefficient (Wildman–Crippen LogP) is 1.24. The maximum absolute atomic E-state index is 11.8. The Kier molecular flexibility index (Phi) is 6.14. The molecule has 0 aromatic carbocycles. The van der Waals surface area contributed by atoms with Gasteiger partial charge in [-0.25, -0.2) is 0 Å². The summed E-state index contributed by atoms with van der Waals surface area (Å²) in [6.07, 6.45) is 5.87. The van der Waals surface area contributed by atoms with E-state index in [1.54, 1.807) is 0 Å². The van der Waals surface area contributed by atoms with Crippen molar-refractivity contribution in [2.75, 3.05) is 27.2 Å². The van der Waals surface area contributed by atoms with Crippen molar-refractivity contribution in [3.63, 3.8) is 0 Å². The van der Waals surface area contributed by atoms with Gasteiger partial charge in [0.1, 0.15) is 6.04 Å². The van der Waals surface area contributed by atoms with Crippen molar-refractivity contribution in [1.82, 2.24) is 15.2 Å². The van der Waals surface area contributed by atoms with E-state index in [0.717, 1.165) is 31.6 Å². The third kappa shape index (κ3) is 5.81. The monoisotopic (exact) mass is 291 g/mol. The van der Waals surface area contributed by atoms with Gasteiger partial charge in [0.25, 0.3) is 0 Å². The topological polar surface area (TPSA) is 54.5 Å². The van der Waals surface area contributed by atoms with Gasteiger partial charge < -0.3 is 15.0 Å². The predicted molar refractivity (Wildman–Crippen MR) is 82.0 cm³/mol. The van der Waals surface area contributed by atoms with Gasteiger partial charge in [-0.2, -0.15) is 0 Å². The average Bonchev–Trinajstić information content (AvgIpc) is 3.33. The third-order valence-electron chi connectivity index (χ3n) is 3.78. The standard InChI is InChI=1S/C16H25N3O2/c1-19(11-8-13-5-3-4-10-17-13)12-9-15(16(20)21-2)18-14-6-7-14/h3-5,10,14-15,18H,6-9,11-12H2,1-2H3. The summed E-state index contributed by atoms with van der Waals surface area (Å²) in [5, 5.41) is 3.36. The van der Waals surface area contributed by atoms with E-state index < -0.39 is 0 Å². The molecule has 1 aromatic heterocycles. The molecular formula is C16H25N3O2. The zero-order valence-electron chi connectivity index (χ0n) is 12.9. The summed E-state index contributed by atoms with van der Waals surface area (Å²) < 4.78 is 4.87. The molecular weight excluding hydrogens is 266 g/mol. The molecule has 1 aliphatic carbocycles. The van der Waals surface area contributed by atoms with E-state index in [9.17, 15) is 4.79 Å². The van der Waals surface area contributed by atoms with E-state index in [1.807, 2.05) is 24.4 Å². The molecule has 0 amide bonds. The Hall–Kier alpha value is -1.46. The highest BCUT2D eigenvalue weighted by atomic mass is 16.5. The van der Waals surface area contributed by atoms with Crippen LogP contribution in [0.15, 0.2) is 24.4 Å². The first-order valence-corrected chi connectivity index (χ1v) is 7.61. The highest BCUT2D eigenvalue weighted by molar-refractivity contribution is 5.75. The van der Waals surface area contributed by atoms with Gasteiger partial charge in [-0.05, 0) is 45.0 Å². The van der Waals surface area contributed by atoms with Crippen molar-refractivity contribution in [3.8, 4) is 0 Å². The van der Waals surface area contributed by atoms with Crippen LogP contribution in [-0.2, 0) is 16.0 Å². The van der Waals surface area contributed by atoms with E-state index in [4.69, 9.17) is 4.74 Å². The maximum Gasteiger partial charge on any atom is 0.322 e. The highest BCUT2D eigenvalue weighted by Crippen LogP contribution is 2.20. The minimum Gasteiger partial charge on any atom is -0.468 e. The molecule has 0 spiro atoms. The van der Waals surface area contributed by atoms with Crippen LogP contribution in [0.1, 0.15) is 25.0 Å². The van der Waals surface area contributed by atoms with Crippen molar-refractivity contribution >= 4 is 5.97 Å². The summed E-state index contributed by atoms with van der Waals surface area (Å²) in [6, 6.07) is 6.31. The Morgan fingerprint density at radius 3 is 2.90 bits per heavy atom. The molecule has 5 heteroatoms. The molecule has 0 saturated heterocycles. The number of methoxy groups -OCH3 is 1. The van der Waals surface area contributed by atoms with Crippen LogP contribution in [0.25, 0.3) is 0 Å². The van der Waals surface area contributed by atoms with E-state index in [2.05, 4.69) is 22.2 Å². The van der Waals surface area contributed by atoms with Crippen LogP contribution in [0, 0.1) is 0 Å². The van der Waals surface area contributed by atoms with E-state index in [0.29, 0.717) is 6.04 Å². The maximum atomic E-state index is 11.8. The Morgan fingerprint density at radius 1 is 1.48 bits per heavy atom. The van der Waals surface area contributed by atoms with Gasteiger partial charge in [0.05, 0.1) is 7.11 Å². The second kappa shape index (κ2) is 8.10. The molecule has 2 rings (SSSR count). The molecule has 21 heavy (non-hydrogen) atoms. The lowest BCUT2D eigenvalue weighted by Crippen LogP contribution is -2.41. The second-order valence-corrected chi connectivity index (χ2v) is 5.68. The SMILES string of the molecule is COC(=O)C(CCN(C)CCc1ccccn1)NC1CC1. The number of hydrogen-bond acceptors (Lipinski definition) is 5. The van der Waals surface area contributed by atoms with Crippen molar-refractivity contribution in [2.45, 2.75) is 37.8 Å². The fourth-order valence-electron chi connectivity index (χ4n) is 2.26. The fourth-order valence-corrected chi connectivity index (χ4v) is 2.26. The van der Waals surface area contributed by atoms with Gasteiger partial charge in [-0.3, -0.25) is 9.78 Å². The Morgan fingerprint density at radius 2 is 2.29 bits per heavy atom. The van der Waals surface area contributed by atoms with Crippen LogP contribution in [-0.4, -0.2) is 55.2 Å². The molecule has 1 atom stereocenters. The van der Waals surface area contributed by atoms with Crippen LogP contribution >= 0.6 is 0 Å². The first kappa shape index (κ1) is 15.9. The van der Waals surface area contributed by atoms with Gasteiger partial charge >= 0.3 is 5.97 Å². The van der Waals surface area contributed by atoms with Crippen molar-refractivity contribution < 1.29 is 9.53 Å². The van der Waals surface area contributed by atoms with Crippen LogP contribution in [0.3, 0.4) is 0 Å². The molecule has 1 aromatic rings. The number of pyridine rings is 1. The second-order valence-electron chi connectivity index (χ2n) is 5.68. The molecule has 0 aliphatic heterocycles. The summed E-state index contributed by atoms with van der Waals surface area (Å²) in [4.78, 5) is 18.3. The lowest BCUT2D eigenvalue weighted by atomic mass is 10.2. The molecule has 0 radical (unpaired) electrons. The number of nitrogens with zero attached hydrogens (tertiary/aromatic N) is 2.